The van der Waals surface area contributed by atoms with Crippen LogP contribution in [-0.4, -0.2) is 13.1 Å². The number of methoxy groups -OCH3 is 1. The van der Waals surface area contributed by atoms with Crippen molar-refractivity contribution >= 4 is 11.7 Å². The van der Waals surface area contributed by atoms with Gasteiger partial charge < -0.3 is 10.1 Å². The van der Waals surface area contributed by atoms with Gasteiger partial charge in [0.25, 0.3) is 0 Å². The summed E-state index contributed by atoms with van der Waals surface area (Å²) in [6.45, 7) is 15.7. The molecule has 0 aliphatic heterocycles. The summed E-state index contributed by atoms with van der Waals surface area (Å²) in [4.78, 5) is 11.6. The van der Waals surface area contributed by atoms with Gasteiger partial charge in [-0.3, -0.25) is 0 Å². The van der Waals surface area contributed by atoms with E-state index in [1.54, 1.807) is 12.1 Å². The summed E-state index contributed by atoms with van der Waals surface area (Å²) >= 11 is 0. The van der Waals surface area contributed by atoms with Crippen molar-refractivity contribution in [1.82, 2.24) is 0 Å². The molecule has 1 unspecified atom stereocenters. The van der Waals surface area contributed by atoms with E-state index in [1.165, 1.54) is 23.8 Å². The zero-order valence-corrected chi connectivity index (χ0v) is 17.9. The van der Waals surface area contributed by atoms with Crippen molar-refractivity contribution in [3.05, 3.63) is 64.7 Å². The summed E-state index contributed by atoms with van der Waals surface area (Å²) in [6.07, 6.45) is 0. The molecule has 0 radical (unpaired) electrons. The van der Waals surface area contributed by atoms with Crippen LogP contribution in [0.3, 0.4) is 0 Å². The van der Waals surface area contributed by atoms with E-state index in [0.29, 0.717) is 5.56 Å². The lowest BCUT2D eigenvalue weighted by molar-refractivity contribution is 0.0601. The highest BCUT2D eigenvalue weighted by Gasteiger charge is 2.22. The van der Waals surface area contributed by atoms with Crippen molar-refractivity contribution in [2.24, 2.45) is 0 Å². The van der Waals surface area contributed by atoms with Gasteiger partial charge in [0, 0.05) is 11.7 Å². The summed E-state index contributed by atoms with van der Waals surface area (Å²) in [6, 6.07) is 14.5. The number of anilines is 1. The maximum absolute atomic E-state index is 11.6. The number of carbonyl (C=O) groups excluding carboxylic acids is 1. The minimum atomic E-state index is -0.317. The first kappa shape index (κ1) is 21.0. The van der Waals surface area contributed by atoms with Gasteiger partial charge in [0.2, 0.25) is 0 Å². The summed E-state index contributed by atoms with van der Waals surface area (Å²) in [5.74, 6) is -0.317. The van der Waals surface area contributed by atoms with Crippen LogP contribution in [0.5, 0.6) is 0 Å². The minimum Gasteiger partial charge on any atom is -0.465 e. The van der Waals surface area contributed by atoms with Crippen LogP contribution >= 0.6 is 0 Å². The van der Waals surface area contributed by atoms with Crippen molar-refractivity contribution in [2.45, 2.75) is 65.3 Å². The fraction of sp³-hybridized carbons (Fsp3) is 0.458. The zero-order valence-electron chi connectivity index (χ0n) is 17.9. The Morgan fingerprint density at radius 2 is 1.37 bits per heavy atom. The third-order valence-electron chi connectivity index (χ3n) is 4.88. The number of nitrogens with one attached hydrogen (secondary N) is 1. The van der Waals surface area contributed by atoms with Gasteiger partial charge in [-0.05, 0) is 58.7 Å². The molecule has 146 valence electrons. The van der Waals surface area contributed by atoms with E-state index in [1.807, 2.05) is 12.1 Å². The van der Waals surface area contributed by atoms with Crippen LogP contribution in [0.15, 0.2) is 42.5 Å². The number of benzene rings is 2. The monoisotopic (exact) mass is 367 g/mol. The molecule has 0 aliphatic rings. The Morgan fingerprint density at radius 3 is 1.78 bits per heavy atom. The number of esters is 1. The number of rotatable bonds is 4. The van der Waals surface area contributed by atoms with Crippen LogP contribution in [0.1, 0.15) is 81.6 Å². The van der Waals surface area contributed by atoms with Crippen LogP contribution in [0, 0.1) is 0 Å². The molecular formula is C24H33NO2. The Morgan fingerprint density at radius 1 is 0.889 bits per heavy atom. The second-order valence-corrected chi connectivity index (χ2v) is 9.28. The first-order chi connectivity index (χ1) is 12.4. The third kappa shape index (κ3) is 5.35. The summed E-state index contributed by atoms with van der Waals surface area (Å²) in [7, 11) is 1.39. The lowest BCUT2D eigenvalue weighted by atomic mass is 9.79. The largest absolute Gasteiger partial charge is 0.465 e. The normalized spacial score (nSPS) is 13.2. The van der Waals surface area contributed by atoms with E-state index in [4.69, 9.17) is 4.74 Å². The molecule has 27 heavy (non-hydrogen) atoms. The average Bonchev–Trinajstić information content (AvgIpc) is 2.59. The first-order valence-electron chi connectivity index (χ1n) is 9.52. The van der Waals surface area contributed by atoms with E-state index >= 15 is 0 Å². The Balaban J connectivity index is 2.32. The van der Waals surface area contributed by atoms with Gasteiger partial charge in [0.05, 0.1) is 12.7 Å². The summed E-state index contributed by atoms with van der Waals surface area (Å²) < 4.78 is 4.76. The van der Waals surface area contributed by atoms with E-state index in [-0.39, 0.29) is 22.8 Å². The SMILES string of the molecule is COC(=O)c1ccc(NC(C)c2cc(C(C)(C)C)cc(C(C)(C)C)c2)cc1. The van der Waals surface area contributed by atoms with Gasteiger partial charge >= 0.3 is 5.97 Å². The Labute approximate surface area is 164 Å². The highest BCUT2D eigenvalue weighted by atomic mass is 16.5. The molecule has 0 aromatic heterocycles. The molecule has 1 N–H and O–H groups in total. The Bertz CT molecular complexity index is 760. The summed E-state index contributed by atoms with van der Waals surface area (Å²) in [5.41, 5.74) is 5.69. The molecule has 0 saturated carbocycles. The molecule has 2 aromatic rings. The van der Waals surface area contributed by atoms with E-state index in [9.17, 15) is 4.79 Å². The fourth-order valence-corrected chi connectivity index (χ4v) is 2.92. The minimum absolute atomic E-state index is 0.0951. The predicted octanol–water partition coefficient (Wildman–Crippen LogP) is 6.24. The molecule has 2 aromatic carbocycles. The second kappa shape index (κ2) is 7.75. The lowest BCUT2D eigenvalue weighted by Gasteiger charge is -2.28. The topological polar surface area (TPSA) is 38.3 Å². The number of hydrogen-bond donors (Lipinski definition) is 1. The highest BCUT2D eigenvalue weighted by molar-refractivity contribution is 5.89. The van der Waals surface area contributed by atoms with E-state index < -0.39 is 0 Å². The maximum atomic E-state index is 11.6. The van der Waals surface area contributed by atoms with E-state index in [2.05, 4.69) is 72.0 Å². The summed E-state index contributed by atoms with van der Waals surface area (Å²) in [5, 5.41) is 3.55. The van der Waals surface area contributed by atoms with Crippen molar-refractivity contribution in [3.63, 3.8) is 0 Å². The quantitative estimate of drug-likeness (QED) is 0.650. The fourth-order valence-electron chi connectivity index (χ4n) is 2.92. The Kier molecular flexibility index (Phi) is 6.04. The molecule has 0 amide bonds. The Hall–Kier alpha value is -2.29. The van der Waals surface area contributed by atoms with Crippen LogP contribution in [0.25, 0.3) is 0 Å². The molecule has 0 spiro atoms. The molecule has 0 aliphatic carbocycles. The zero-order chi connectivity index (χ0) is 20.4. The van der Waals surface area contributed by atoms with Crippen LogP contribution in [0.2, 0.25) is 0 Å². The van der Waals surface area contributed by atoms with Gasteiger partial charge in [-0.2, -0.15) is 0 Å². The number of carbonyl (C=O) groups is 1. The van der Waals surface area contributed by atoms with Crippen molar-refractivity contribution in [3.8, 4) is 0 Å². The smallest absolute Gasteiger partial charge is 0.337 e. The predicted molar refractivity (Wildman–Crippen MR) is 114 cm³/mol. The van der Waals surface area contributed by atoms with Gasteiger partial charge in [0.1, 0.15) is 0 Å². The third-order valence-corrected chi connectivity index (χ3v) is 4.88. The number of hydrogen-bond acceptors (Lipinski definition) is 3. The molecule has 3 nitrogen and oxygen atoms in total. The molecule has 1 atom stereocenters. The second-order valence-electron chi connectivity index (χ2n) is 9.28. The van der Waals surface area contributed by atoms with E-state index in [0.717, 1.165) is 5.69 Å². The van der Waals surface area contributed by atoms with Gasteiger partial charge in [0.15, 0.2) is 0 Å². The van der Waals surface area contributed by atoms with Crippen molar-refractivity contribution < 1.29 is 9.53 Å². The molecule has 0 bridgehead atoms. The molecule has 3 heteroatoms. The van der Waals surface area contributed by atoms with Crippen LogP contribution < -0.4 is 5.32 Å². The average molecular weight is 368 g/mol. The first-order valence-corrected chi connectivity index (χ1v) is 9.52. The van der Waals surface area contributed by atoms with Gasteiger partial charge in [-0.15, -0.1) is 0 Å². The van der Waals surface area contributed by atoms with Crippen LogP contribution in [0.4, 0.5) is 5.69 Å². The molecule has 0 fully saturated rings. The number of ether oxygens (including phenoxy) is 1. The van der Waals surface area contributed by atoms with Crippen molar-refractivity contribution in [2.75, 3.05) is 12.4 Å². The standard InChI is InChI=1S/C24H33NO2/c1-16(25-21-11-9-17(10-12-21)22(26)27-8)18-13-19(23(2,3)4)15-20(14-18)24(5,6)7/h9-16,25H,1-8H3. The van der Waals surface area contributed by atoms with Crippen LogP contribution in [-0.2, 0) is 15.6 Å². The maximum Gasteiger partial charge on any atom is 0.337 e. The molecule has 0 heterocycles. The lowest BCUT2D eigenvalue weighted by Crippen LogP contribution is -2.18. The van der Waals surface area contributed by atoms with Gasteiger partial charge in [-0.1, -0.05) is 59.7 Å². The molecule has 0 saturated heterocycles. The van der Waals surface area contributed by atoms with Gasteiger partial charge in [-0.25, -0.2) is 4.79 Å². The van der Waals surface area contributed by atoms with Crippen molar-refractivity contribution in [1.29, 1.82) is 0 Å². The molecule has 2 rings (SSSR count). The molecular weight excluding hydrogens is 334 g/mol. The highest BCUT2D eigenvalue weighted by Crippen LogP contribution is 2.33.